The van der Waals surface area contributed by atoms with Crippen LogP contribution in [0.5, 0.6) is 0 Å². The molecule has 0 radical (unpaired) electrons. The molecule has 69 heavy (non-hydrogen) atoms. The molecule has 0 fully saturated rings. The van der Waals surface area contributed by atoms with Crippen molar-refractivity contribution in [3.8, 4) is 0 Å². The summed E-state index contributed by atoms with van der Waals surface area (Å²) in [6.45, 7) is 6.29. The van der Waals surface area contributed by atoms with Crippen molar-refractivity contribution in [2.75, 3.05) is 13.2 Å². The van der Waals surface area contributed by atoms with E-state index in [1.807, 2.05) is 12.2 Å². The Morgan fingerprint density at radius 1 is 0.304 bits per heavy atom. The van der Waals surface area contributed by atoms with Crippen molar-refractivity contribution < 1.29 is 28.6 Å². The fraction of sp³-hybridized carbons (Fsp3) is 0.540. The number of esters is 3. The third-order valence-electron chi connectivity index (χ3n) is 10.5. The minimum Gasteiger partial charge on any atom is -0.462 e. The molecule has 0 saturated carbocycles. The first kappa shape index (κ1) is 64.0. The van der Waals surface area contributed by atoms with Gasteiger partial charge in [-0.1, -0.05) is 204 Å². The molecule has 0 aromatic heterocycles. The summed E-state index contributed by atoms with van der Waals surface area (Å²) in [6.07, 6.45) is 81.0. The molecule has 0 aromatic rings. The Bertz CT molecular complexity index is 1610. The molecular formula is C63H96O6. The van der Waals surface area contributed by atoms with Crippen molar-refractivity contribution in [1.29, 1.82) is 0 Å². The van der Waals surface area contributed by atoms with E-state index in [0.717, 1.165) is 96.3 Å². The highest BCUT2D eigenvalue weighted by molar-refractivity contribution is 5.71. The Morgan fingerprint density at radius 2 is 0.594 bits per heavy atom. The second-order valence-corrected chi connectivity index (χ2v) is 17.0. The highest BCUT2D eigenvalue weighted by Crippen LogP contribution is 2.09. The number of carbonyl (C=O) groups excluding carboxylic acids is 3. The van der Waals surface area contributed by atoms with Gasteiger partial charge in [0.05, 0.1) is 0 Å². The van der Waals surface area contributed by atoms with Crippen molar-refractivity contribution in [3.05, 3.63) is 158 Å². The van der Waals surface area contributed by atoms with Crippen LogP contribution in [0.1, 0.15) is 201 Å². The zero-order chi connectivity index (χ0) is 50.0. The molecule has 0 N–H and O–H groups in total. The van der Waals surface area contributed by atoms with E-state index >= 15 is 0 Å². The third-order valence-corrected chi connectivity index (χ3v) is 10.5. The number of rotatable bonds is 46. The lowest BCUT2D eigenvalue weighted by molar-refractivity contribution is -0.166. The molecule has 0 aliphatic heterocycles. The van der Waals surface area contributed by atoms with Crippen LogP contribution in [0.3, 0.4) is 0 Å². The minimum atomic E-state index is -0.859. The topological polar surface area (TPSA) is 78.9 Å². The van der Waals surface area contributed by atoms with Crippen LogP contribution in [0, 0.1) is 0 Å². The van der Waals surface area contributed by atoms with E-state index in [-0.39, 0.29) is 50.4 Å². The van der Waals surface area contributed by atoms with Crippen LogP contribution in [0.15, 0.2) is 158 Å². The Labute approximate surface area is 422 Å². The molecule has 0 heterocycles. The van der Waals surface area contributed by atoms with Gasteiger partial charge >= 0.3 is 17.9 Å². The molecule has 0 amide bonds. The molecule has 6 heteroatoms. The normalized spacial score (nSPS) is 13.4. The highest BCUT2D eigenvalue weighted by Gasteiger charge is 2.19. The Morgan fingerprint density at radius 3 is 0.957 bits per heavy atom. The van der Waals surface area contributed by atoms with Gasteiger partial charge in [-0.3, -0.25) is 14.4 Å². The van der Waals surface area contributed by atoms with Crippen LogP contribution in [-0.4, -0.2) is 37.2 Å². The van der Waals surface area contributed by atoms with E-state index in [9.17, 15) is 14.4 Å². The Balaban J connectivity index is 4.68. The van der Waals surface area contributed by atoms with E-state index in [4.69, 9.17) is 14.2 Å². The van der Waals surface area contributed by atoms with Gasteiger partial charge in [-0.2, -0.15) is 0 Å². The van der Waals surface area contributed by atoms with E-state index in [2.05, 4.69) is 167 Å². The monoisotopic (exact) mass is 949 g/mol. The van der Waals surface area contributed by atoms with Gasteiger partial charge in [-0.25, -0.2) is 0 Å². The number of allylic oxidation sites excluding steroid dienone is 26. The summed E-state index contributed by atoms with van der Waals surface area (Å²) in [5, 5.41) is 0. The van der Waals surface area contributed by atoms with Gasteiger partial charge in [-0.15, -0.1) is 0 Å². The first-order valence-corrected chi connectivity index (χ1v) is 27.0. The Kier molecular flexibility index (Phi) is 51.6. The molecule has 0 rings (SSSR count). The van der Waals surface area contributed by atoms with Crippen molar-refractivity contribution in [2.24, 2.45) is 0 Å². The molecule has 1 atom stereocenters. The first-order chi connectivity index (χ1) is 34.0. The second kappa shape index (κ2) is 55.6. The predicted molar refractivity (Wildman–Crippen MR) is 297 cm³/mol. The molecule has 0 aliphatic carbocycles. The minimum absolute atomic E-state index is 0.153. The SMILES string of the molecule is CC/C=C\C/C=C\C/C=C\C/C=C\C/C=C\CCCC(=O)OC[C@H](COC(=O)CC/C=C\C/C=C\C/C=C\C/C=C\C/C=C\CCCCC)OC(=O)CCCC/C=C\C/C=C\C/C=C\CCCCC. The second-order valence-electron chi connectivity index (χ2n) is 17.0. The van der Waals surface area contributed by atoms with Gasteiger partial charge in [0.1, 0.15) is 13.2 Å². The summed E-state index contributed by atoms with van der Waals surface area (Å²) in [5.74, 6) is -1.14. The van der Waals surface area contributed by atoms with Crippen molar-refractivity contribution in [3.63, 3.8) is 0 Å². The highest BCUT2D eigenvalue weighted by atomic mass is 16.6. The summed E-state index contributed by atoms with van der Waals surface area (Å²) in [4.78, 5) is 38.0. The summed E-state index contributed by atoms with van der Waals surface area (Å²) in [5.41, 5.74) is 0. The lowest BCUT2D eigenvalue weighted by Crippen LogP contribution is -2.30. The zero-order valence-electron chi connectivity index (χ0n) is 43.8. The van der Waals surface area contributed by atoms with Gasteiger partial charge in [0.2, 0.25) is 0 Å². The van der Waals surface area contributed by atoms with E-state index < -0.39 is 6.10 Å². The van der Waals surface area contributed by atoms with Crippen molar-refractivity contribution in [2.45, 2.75) is 207 Å². The number of unbranched alkanes of at least 4 members (excludes halogenated alkanes) is 9. The van der Waals surface area contributed by atoms with Crippen LogP contribution >= 0.6 is 0 Å². The third kappa shape index (κ3) is 53.8. The molecule has 0 aliphatic rings. The molecule has 384 valence electrons. The van der Waals surface area contributed by atoms with E-state index in [0.29, 0.717) is 19.3 Å². The Hall–Kier alpha value is -4.97. The predicted octanol–water partition coefficient (Wildman–Crippen LogP) is 18.2. The van der Waals surface area contributed by atoms with Gasteiger partial charge in [0, 0.05) is 19.3 Å². The lowest BCUT2D eigenvalue weighted by Gasteiger charge is -2.18. The summed E-state index contributed by atoms with van der Waals surface area (Å²) >= 11 is 0. The number of carbonyl (C=O) groups is 3. The summed E-state index contributed by atoms with van der Waals surface area (Å²) in [6, 6.07) is 0. The standard InChI is InChI=1S/C63H96O6/c1-4-7-10-13-16-19-22-25-28-30-31-33-36-38-41-44-47-50-53-56-62(65)68-59-60(69-63(66)57-54-51-48-45-42-39-34-27-24-21-18-15-12-9-6-3)58-67-61(64)55-52-49-46-43-40-37-35-32-29-26-23-20-17-14-11-8-5-2/h8,11,16-21,25-29,31,33-35,37-38,41-43,45-47,50,60H,4-7,9-10,12-15,22-24,30,32,36,39-40,44,48-49,51-59H2,1-3H3/b11-8-,19-16-,20-17-,21-18-,28-25-,29-26-,33-31-,34-27-,37-35-,41-38-,45-42-,46-43-,50-47-/t60-/m1/s1. The van der Waals surface area contributed by atoms with Gasteiger partial charge in [0.15, 0.2) is 6.10 Å². The van der Waals surface area contributed by atoms with E-state index in [1.165, 1.54) is 44.9 Å². The van der Waals surface area contributed by atoms with Gasteiger partial charge in [0.25, 0.3) is 0 Å². The zero-order valence-corrected chi connectivity index (χ0v) is 43.8. The maximum Gasteiger partial charge on any atom is 0.306 e. The maximum atomic E-state index is 12.8. The van der Waals surface area contributed by atoms with Crippen LogP contribution in [0.25, 0.3) is 0 Å². The molecular weight excluding hydrogens is 853 g/mol. The van der Waals surface area contributed by atoms with Gasteiger partial charge < -0.3 is 14.2 Å². The smallest absolute Gasteiger partial charge is 0.306 e. The quantitative estimate of drug-likeness (QED) is 0.0262. The first-order valence-electron chi connectivity index (χ1n) is 27.0. The number of hydrogen-bond donors (Lipinski definition) is 0. The van der Waals surface area contributed by atoms with Crippen molar-refractivity contribution in [1.82, 2.24) is 0 Å². The fourth-order valence-corrected chi connectivity index (χ4v) is 6.46. The number of ether oxygens (including phenoxy) is 3. The van der Waals surface area contributed by atoms with Crippen LogP contribution in [0.2, 0.25) is 0 Å². The lowest BCUT2D eigenvalue weighted by atomic mass is 10.1. The summed E-state index contributed by atoms with van der Waals surface area (Å²) < 4.78 is 16.7. The molecule has 0 aromatic carbocycles. The van der Waals surface area contributed by atoms with Crippen molar-refractivity contribution >= 4 is 17.9 Å². The molecule has 0 unspecified atom stereocenters. The van der Waals surface area contributed by atoms with Crippen LogP contribution < -0.4 is 0 Å². The van der Waals surface area contributed by atoms with E-state index in [1.54, 1.807) is 0 Å². The van der Waals surface area contributed by atoms with Crippen LogP contribution in [-0.2, 0) is 28.6 Å². The fourth-order valence-electron chi connectivity index (χ4n) is 6.46. The average Bonchev–Trinajstić information content (AvgIpc) is 3.35. The number of hydrogen-bond acceptors (Lipinski definition) is 6. The summed E-state index contributed by atoms with van der Waals surface area (Å²) in [7, 11) is 0. The van der Waals surface area contributed by atoms with Crippen LogP contribution in [0.4, 0.5) is 0 Å². The molecule has 0 spiro atoms. The maximum absolute atomic E-state index is 12.8. The molecule has 0 saturated heterocycles. The average molecular weight is 949 g/mol. The molecule has 6 nitrogen and oxygen atoms in total. The largest absolute Gasteiger partial charge is 0.462 e. The molecule has 0 bridgehead atoms. The van der Waals surface area contributed by atoms with Gasteiger partial charge in [-0.05, 0) is 135 Å².